The Hall–Kier alpha value is -2.34. The van der Waals surface area contributed by atoms with E-state index in [1.54, 1.807) is 31.1 Å². The lowest BCUT2D eigenvalue weighted by atomic mass is 10.0. The zero-order valence-corrected chi connectivity index (χ0v) is 15.5. The lowest BCUT2D eigenvalue weighted by Crippen LogP contribution is -2.37. The maximum Gasteiger partial charge on any atom is 0.324 e. The van der Waals surface area contributed by atoms with Crippen LogP contribution in [-0.4, -0.2) is 35.3 Å². The van der Waals surface area contributed by atoms with Crippen molar-refractivity contribution in [2.75, 3.05) is 12.3 Å². The number of nitrogens with zero attached hydrogens (tertiary/aromatic N) is 1. The molecule has 0 radical (unpaired) electrons. The van der Waals surface area contributed by atoms with Crippen LogP contribution in [0, 0.1) is 0 Å². The van der Waals surface area contributed by atoms with Crippen LogP contribution in [0.3, 0.4) is 0 Å². The molecule has 0 bridgehead atoms. The first-order chi connectivity index (χ1) is 12.6. The summed E-state index contributed by atoms with van der Waals surface area (Å²) in [6.45, 7) is 2.10. The Bertz CT molecular complexity index is 767. The van der Waals surface area contributed by atoms with Crippen molar-refractivity contribution in [3.05, 3.63) is 65.5 Å². The highest BCUT2D eigenvalue weighted by molar-refractivity contribution is 8.00. The molecule has 6 heteroatoms. The quantitative estimate of drug-likeness (QED) is 0.792. The van der Waals surface area contributed by atoms with E-state index in [2.05, 4.69) is 10.3 Å². The van der Waals surface area contributed by atoms with Gasteiger partial charge in [0.05, 0.1) is 0 Å². The predicted octanol–water partition coefficient (Wildman–Crippen LogP) is 2.70. The highest BCUT2D eigenvalue weighted by atomic mass is 32.2. The van der Waals surface area contributed by atoms with E-state index in [1.165, 1.54) is 5.56 Å². The summed E-state index contributed by atoms with van der Waals surface area (Å²) in [5, 5.41) is 2.46. The second-order valence-corrected chi connectivity index (χ2v) is 7.39. The van der Waals surface area contributed by atoms with E-state index in [4.69, 9.17) is 4.74 Å². The van der Waals surface area contributed by atoms with Crippen molar-refractivity contribution in [3.8, 4) is 0 Å². The molecule has 1 aromatic heterocycles. The molecule has 0 saturated heterocycles. The van der Waals surface area contributed by atoms with Gasteiger partial charge in [-0.15, -0.1) is 11.8 Å². The Morgan fingerprint density at radius 1 is 1.27 bits per heavy atom. The first-order valence-electron chi connectivity index (χ1n) is 8.71. The molecule has 2 aromatic rings. The number of aromatic nitrogens is 1. The summed E-state index contributed by atoms with van der Waals surface area (Å²) in [5.74, 6) is 0.254. The maximum atomic E-state index is 12.5. The van der Waals surface area contributed by atoms with Gasteiger partial charge in [0.15, 0.2) is 6.10 Å². The zero-order valence-electron chi connectivity index (χ0n) is 14.7. The van der Waals surface area contributed by atoms with E-state index in [0.717, 1.165) is 23.3 Å². The fraction of sp³-hybridized carbons (Fsp3) is 0.350. The number of pyridine rings is 1. The Morgan fingerprint density at radius 2 is 2.04 bits per heavy atom. The number of ether oxygens (including phenoxy) is 1. The Balaban J connectivity index is 1.50. The smallest absolute Gasteiger partial charge is 0.324 e. The third-order valence-electron chi connectivity index (χ3n) is 4.33. The van der Waals surface area contributed by atoms with Gasteiger partial charge in [-0.2, -0.15) is 0 Å². The third kappa shape index (κ3) is 4.64. The minimum atomic E-state index is -0.811. The molecule has 1 aromatic carbocycles. The van der Waals surface area contributed by atoms with Gasteiger partial charge < -0.3 is 10.1 Å². The first-order valence-corrected chi connectivity index (χ1v) is 9.76. The molecule has 2 unspecified atom stereocenters. The first kappa shape index (κ1) is 18.5. The second kappa shape index (κ2) is 8.85. The monoisotopic (exact) mass is 370 g/mol. The number of amides is 1. The third-order valence-corrected chi connectivity index (χ3v) is 5.55. The Morgan fingerprint density at radius 3 is 2.85 bits per heavy atom. The van der Waals surface area contributed by atoms with Crippen LogP contribution < -0.4 is 5.32 Å². The molecule has 2 heterocycles. The number of fused-ring (bicyclic) bond motifs is 1. The molecule has 26 heavy (non-hydrogen) atoms. The molecule has 1 aliphatic rings. The normalized spacial score (nSPS) is 17.0. The van der Waals surface area contributed by atoms with Crippen LogP contribution in [0.2, 0.25) is 0 Å². The van der Waals surface area contributed by atoms with Crippen LogP contribution in [-0.2, 0) is 27.2 Å². The van der Waals surface area contributed by atoms with Crippen molar-refractivity contribution in [1.82, 2.24) is 10.3 Å². The van der Waals surface area contributed by atoms with E-state index in [9.17, 15) is 9.59 Å². The molecule has 136 valence electrons. The molecular weight excluding hydrogens is 348 g/mol. The van der Waals surface area contributed by atoms with Crippen LogP contribution in [0.5, 0.6) is 0 Å². The van der Waals surface area contributed by atoms with E-state index in [0.29, 0.717) is 13.0 Å². The second-order valence-electron chi connectivity index (χ2n) is 6.18. The molecule has 0 saturated carbocycles. The van der Waals surface area contributed by atoms with Gasteiger partial charge in [-0.1, -0.05) is 24.3 Å². The number of rotatable bonds is 6. The van der Waals surface area contributed by atoms with Gasteiger partial charge in [0.1, 0.15) is 5.25 Å². The molecule has 1 aliphatic heterocycles. The topological polar surface area (TPSA) is 68.3 Å². The van der Waals surface area contributed by atoms with Gasteiger partial charge in [-0.25, -0.2) is 0 Å². The number of carbonyl (C=O) groups is 2. The fourth-order valence-electron chi connectivity index (χ4n) is 2.90. The molecule has 0 aliphatic carbocycles. The van der Waals surface area contributed by atoms with E-state index >= 15 is 0 Å². The lowest BCUT2D eigenvalue weighted by Gasteiger charge is -2.24. The van der Waals surface area contributed by atoms with Crippen molar-refractivity contribution in [1.29, 1.82) is 0 Å². The van der Waals surface area contributed by atoms with Gasteiger partial charge >= 0.3 is 5.97 Å². The number of hydrogen-bond acceptors (Lipinski definition) is 5. The molecule has 1 N–H and O–H groups in total. The minimum Gasteiger partial charge on any atom is -0.451 e. The molecule has 0 fully saturated rings. The summed E-state index contributed by atoms with van der Waals surface area (Å²) in [4.78, 5) is 28.7. The van der Waals surface area contributed by atoms with Crippen LogP contribution in [0.15, 0.2) is 48.8 Å². The summed E-state index contributed by atoms with van der Waals surface area (Å²) in [7, 11) is 0. The van der Waals surface area contributed by atoms with Crippen LogP contribution in [0.4, 0.5) is 0 Å². The predicted molar refractivity (Wildman–Crippen MR) is 102 cm³/mol. The lowest BCUT2D eigenvalue weighted by molar-refractivity contribution is -0.154. The molecule has 1 amide bonds. The van der Waals surface area contributed by atoms with Crippen molar-refractivity contribution in [3.63, 3.8) is 0 Å². The number of hydrogen-bond donors (Lipinski definition) is 1. The van der Waals surface area contributed by atoms with E-state index in [1.807, 2.05) is 36.4 Å². The largest absolute Gasteiger partial charge is 0.451 e. The average Bonchev–Trinajstić information content (AvgIpc) is 2.68. The number of carbonyl (C=O) groups excluding carboxylic acids is 2. The summed E-state index contributed by atoms with van der Waals surface area (Å²) in [6, 6.07) is 11.7. The molecule has 5 nitrogen and oxygen atoms in total. The SMILES string of the molecule is CC(OC(=O)C1SCCc2ccccc21)C(=O)NCCc1ccncc1. The summed E-state index contributed by atoms with van der Waals surface area (Å²) >= 11 is 1.57. The summed E-state index contributed by atoms with van der Waals surface area (Å²) < 4.78 is 5.43. The minimum absolute atomic E-state index is 0.276. The Labute approximate surface area is 157 Å². The highest BCUT2D eigenvalue weighted by Gasteiger charge is 2.30. The molecule has 3 rings (SSSR count). The molecule has 0 spiro atoms. The van der Waals surface area contributed by atoms with Crippen LogP contribution >= 0.6 is 11.8 Å². The maximum absolute atomic E-state index is 12.5. The van der Waals surface area contributed by atoms with Gasteiger partial charge in [0, 0.05) is 18.9 Å². The van der Waals surface area contributed by atoms with Gasteiger partial charge in [-0.05, 0) is 54.3 Å². The van der Waals surface area contributed by atoms with Crippen molar-refractivity contribution >= 4 is 23.6 Å². The van der Waals surface area contributed by atoms with E-state index in [-0.39, 0.29) is 17.1 Å². The van der Waals surface area contributed by atoms with E-state index < -0.39 is 6.10 Å². The Kier molecular flexibility index (Phi) is 6.28. The van der Waals surface area contributed by atoms with Gasteiger partial charge in [0.25, 0.3) is 5.91 Å². The van der Waals surface area contributed by atoms with Gasteiger partial charge in [0.2, 0.25) is 0 Å². The van der Waals surface area contributed by atoms with Crippen molar-refractivity contribution < 1.29 is 14.3 Å². The average molecular weight is 370 g/mol. The number of esters is 1. The van der Waals surface area contributed by atoms with Crippen LogP contribution in [0.1, 0.15) is 28.9 Å². The van der Waals surface area contributed by atoms with Crippen molar-refractivity contribution in [2.45, 2.75) is 31.1 Å². The summed E-state index contributed by atoms with van der Waals surface area (Å²) in [6.07, 6.45) is 4.30. The molecule has 2 atom stereocenters. The number of benzene rings is 1. The van der Waals surface area contributed by atoms with Gasteiger partial charge in [-0.3, -0.25) is 14.6 Å². The number of thioether (sulfide) groups is 1. The summed E-state index contributed by atoms with van der Waals surface area (Å²) in [5.41, 5.74) is 3.28. The van der Waals surface area contributed by atoms with Crippen LogP contribution in [0.25, 0.3) is 0 Å². The number of aryl methyl sites for hydroxylation is 1. The standard InChI is InChI=1S/C20H22N2O3S/c1-14(19(23)22-12-8-15-6-10-21-11-7-15)25-20(24)18-17-5-3-2-4-16(17)9-13-26-18/h2-7,10-11,14,18H,8-9,12-13H2,1H3,(H,22,23). The number of nitrogens with one attached hydrogen (secondary N) is 1. The zero-order chi connectivity index (χ0) is 18.4. The highest BCUT2D eigenvalue weighted by Crippen LogP contribution is 2.37. The van der Waals surface area contributed by atoms with Crippen molar-refractivity contribution in [2.24, 2.45) is 0 Å². The molecular formula is C20H22N2O3S. The fourth-order valence-corrected chi connectivity index (χ4v) is 4.08.